The van der Waals surface area contributed by atoms with Crippen molar-refractivity contribution in [2.75, 3.05) is 24.5 Å². The van der Waals surface area contributed by atoms with Crippen LogP contribution in [-0.4, -0.2) is 41.5 Å². The number of carbonyl (C=O) groups excluding carboxylic acids is 1. The first-order valence-electron chi connectivity index (χ1n) is 9.41. The molecule has 1 aromatic heterocycles. The van der Waals surface area contributed by atoms with Gasteiger partial charge >= 0.3 is 0 Å². The van der Waals surface area contributed by atoms with Crippen LogP contribution < -0.4 is 9.64 Å². The molecule has 0 aliphatic carbocycles. The third-order valence-electron chi connectivity index (χ3n) is 4.95. The van der Waals surface area contributed by atoms with Gasteiger partial charge in [0.25, 0.3) is 5.91 Å². The number of anilines is 1. The molecule has 5 nitrogen and oxygen atoms in total. The first kappa shape index (κ1) is 24.2. The number of benzene rings is 1. The second-order valence-electron chi connectivity index (χ2n) is 6.46. The first-order chi connectivity index (χ1) is 12.7. The number of pyridine rings is 1. The number of aromatic nitrogens is 1. The minimum atomic E-state index is -0.463. The van der Waals surface area contributed by atoms with E-state index < -0.39 is 6.10 Å². The maximum Gasteiger partial charge on any atom is 0.269 e. The number of amides is 1. The SMILES string of the molecule is CCC1Oc2cccnc2N(C(CN(CC)CC)c2ccccc2)C1=O.Cl.Cl. The molecule has 0 fully saturated rings. The average molecular weight is 426 g/mol. The fourth-order valence-electron chi connectivity index (χ4n) is 3.42. The molecule has 2 heterocycles. The Balaban J connectivity index is 0.00000196. The van der Waals surface area contributed by atoms with E-state index >= 15 is 0 Å². The highest BCUT2D eigenvalue weighted by molar-refractivity contribution is 5.99. The zero-order valence-electron chi connectivity index (χ0n) is 16.6. The van der Waals surface area contributed by atoms with Gasteiger partial charge in [0.05, 0.1) is 6.04 Å². The molecule has 0 saturated heterocycles. The largest absolute Gasteiger partial charge is 0.477 e. The molecule has 0 N–H and O–H groups in total. The summed E-state index contributed by atoms with van der Waals surface area (Å²) in [6.07, 6.45) is 1.89. The number of halogens is 2. The minimum Gasteiger partial charge on any atom is -0.477 e. The third-order valence-corrected chi connectivity index (χ3v) is 4.95. The Kier molecular flexibility index (Phi) is 9.73. The number of ether oxygens (including phenoxy) is 1. The van der Waals surface area contributed by atoms with Gasteiger partial charge in [-0.1, -0.05) is 51.1 Å². The summed E-state index contributed by atoms with van der Waals surface area (Å²) in [5, 5.41) is 0. The van der Waals surface area contributed by atoms with Crippen LogP contribution in [0.5, 0.6) is 5.75 Å². The van der Waals surface area contributed by atoms with Crippen molar-refractivity contribution >= 4 is 36.5 Å². The van der Waals surface area contributed by atoms with Gasteiger partial charge in [0, 0.05) is 12.7 Å². The van der Waals surface area contributed by atoms with E-state index in [-0.39, 0.29) is 36.8 Å². The third kappa shape index (κ3) is 4.96. The van der Waals surface area contributed by atoms with E-state index in [1.54, 1.807) is 6.20 Å². The molecule has 2 aromatic rings. The summed E-state index contributed by atoms with van der Waals surface area (Å²) >= 11 is 0. The van der Waals surface area contributed by atoms with Crippen molar-refractivity contribution in [1.82, 2.24) is 9.88 Å². The Morgan fingerprint density at radius 3 is 2.36 bits per heavy atom. The molecule has 28 heavy (non-hydrogen) atoms. The molecule has 0 radical (unpaired) electrons. The predicted octanol–water partition coefficient (Wildman–Crippen LogP) is 4.51. The first-order valence-corrected chi connectivity index (χ1v) is 9.41. The highest BCUT2D eigenvalue weighted by Gasteiger charge is 2.39. The quantitative estimate of drug-likeness (QED) is 0.654. The summed E-state index contributed by atoms with van der Waals surface area (Å²) in [6, 6.07) is 13.8. The molecule has 3 rings (SSSR count). The Labute approximate surface area is 179 Å². The molecule has 1 amide bonds. The summed E-state index contributed by atoms with van der Waals surface area (Å²) in [5.74, 6) is 1.28. The molecule has 1 aliphatic heterocycles. The van der Waals surface area contributed by atoms with Crippen molar-refractivity contribution in [3.05, 3.63) is 54.2 Å². The van der Waals surface area contributed by atoms with E-state index in [1.165, 1.54) is 0 Å². The molecule has 7 heteroatoms. The number of carbonyl (C=O) groups is 1. The van der Waals surface area contributed by atoms with Gasteiger partial charge in [0.2, 0.25) is 0 Å². The number of hydrogen-bond acceptors (Lipinski definition) is 4. The normalized spacial score (nSPS) is 16.5. The molecule has 1 aromatic carbocycles. The second kappa shape index (κ2) is 11.2. The second-order valence-corrected chi connectivity index (χ2v) is 6.46. The molecular formula is C21H29Cl2N3O2. The fraction of sp³-hybridized carbons (Fsp3) is 0.429. The topological polar surface area (TPSA) is 45.7 Å². The van der Waals surface area contributed by atoms with Crippen molar-refractivity contribution in [1.29, 1.82) is 0 Å². The standard InChI is InChI=1S/C21H27N3O2.2ClH/c1-4-18-21(25)24(20-19(26-18)13-10-14-22-20)17(15-23(5-2)6-3)16-11-8-7-9-12-16;;/h7-14,17-18H,4-6,15H2,1-3H3;2*1H. The van der Waals surface area contributed by atoms with Crippen LogP contribution in [0.3, 0.4) is 0 Å². The molecule has 154 valence electrons. The highest BCUT2D eigenvalue weighted by Crippen LogP contribution is 2.38. The van der Waals surface area contributed by atoms with E-state index in [0.29, 0.717) is 18.0 Å². The van der Waals surface area contributed by atoms with Gasteiger partial charge in [-0.15, -0.1) is 24.8 Å². The van der Waals surface area contributed by atoms with Crippen LogP contribution in [0.15, 0.2) is 48.7 Å². The predicted molar refractivity (Wildman–Crippen MR) is 118 cm³/mol. The Bertz CT molecular complexity index is 741. The van der Waals surface area contributed by atoms with Crippen molar-refractivity contribution < 1.29 is 9.53 Å². The van der Waals surface area contributed by atoms with Gasteiger partial charge in [-0.2, -0.15) is 0 Å². The van der Waals surface area contributed by atoms with Crippen LogP contribution in [0.1, 0.15) is 38.8 Å². The van der Waals surface area contributed by atoms with Crippen LogP contribution in [0.2, 0.25) is 0 Å². The molecule has 2 atom stereocenters. The molecule has 1 aliphatic rings. The van der Waals surface area contributed by atoms with Crippen LogP contribution in [0.25, 0.3) is 0 Å². The zero-order chi connectivity index (χ0) is 18.5. The van der Waals surface area contributed by atoms with Gasteiger partial charge in [-0.05, 0) is 37.2 Å². The number of rotatable bonds is 7. The lowest BCUT2D eigenvalue weighted by atomic mass is 10.0. The van der Waals surface area contributed by atoms with Crippen LogP contribution in [0, 0.1) is 0 Å². The maximum atomic E-state index is 13.2. The summed E-state index contributed by atoms with van der Waals surface area (Å²) in [5.41, 5.74) is 1.11. The summed E-state index contributed by atoms with van der Waals surface area (Å²) in [7, 11) is 0. The fourth-order valence-corrected chi connectivity index (χ4v) is 3.42. The minimum absolute atomic E-state index is 0. The van der Waals surface area contributed by atoms with Crippen molar-refractivity contribution in [2.24, 2.45) is 0 Å². The lowest BCUT2D eigenvalue weighted by molar-refractivity contribution is -0.127. The molecule has 0 spiro atoms. The molecular weight excluding hydrogens is 397 g/mol. The highest BCUT2D eigenvalue weighted by atomic mass is 35.5. The monoisotopic (exact) mass is 425 g/mol. The van der Waals surface area contributed by atoms with E-state index in [9.17, 15) is 4.79 Å². The lowest BCUT2D eigenvalue weighted by Crippen LogP contribution is -2.50. The summed E-state index contributed by atoms with van der Waals surface area (Å²) in [4.78, 5) is 21.9. The lowest BCUT2D eigenvalue weighted by Gasteiger charge is -2.40. The summed E-state index contributed by atoms with van der Waals surface area (Å²) < 4.78 is 5.90. The van der Waals surface area contributed by atoms with Gasteiger partial charge < -0.3 is 9.64 Å². The Morgan fingerprint density at radius 2 is 1.75 bits per heavy atom. The molecule has 0 bridgehead atoms. The van der Waals surface area contributed by atoms with Crippen molar-refractivity contribution in [3.63, 3.8) is 0 Å². The van der Waals surface area contributed by atoms with E-state index in [0.717, 1.165) is 25.2 Å². The number of hydrogen-bond donors (Lipinski definition) is 0. The Hall–Kier alpha value is -1.82. The zero-order valence-corrected chi connectivity index (χ0v) is 18.2. The average Bonchev–Trinajstić information content (AvgIpc) is 2.70. The van der Waals surface area contributed by atoms with Gasteiger partial charge in [0.1, 0.15) is 0 Å². The number of fused-ring (bicyclic) bond motifs is 1. The molecule has 2 unspecified atom stereocenters. The van der Waals surface area contributed by atoms with Gasteiger partial charge in [-0.3, -0.25) is 9.69 Å². The molecule has 0 saturated carbocycles. The van der Waals surface area contributed by atoms with Gasteiger partial charge in [0.15, 0.2) is 17.7 Å². The number of nitrogens with zero attached hydrogens (tertiary/aromatic N) is 3. The van der Waals surface area contributed by atoms with E-state index in [2.05, 4.69) is 35.9 Å². The smallest absolute Gasteiger partial charge is 0.269 e. The van der Waals surface area contributed by atoms with E-state index in [4.69, 9.17) is 4.74 Å². The van der Waals surface area contributed by atoms with Crippen LogP contribution in [-0.2, 0) is 4.79 Å². The van der Waals surface area contributed by atoms with Gasteiger partial charge in [-0.25, -0.2) is 4.98 Å². The Morgan fingerprint density at radius 1 is 1.07 bits per heavy atom. The summed E-state index contributed by atoms with van der Waals surface area (Å²) in [6.45, 7) is 8.90. The number of likely N-dealkylation sites (N-methyl/N-ethyl adjacent to an activating group) is 1. The van der Waals surface area contributed by atoms with E-state index in [1.807, 2.05) is 42.2 Å². The van der Waals surface area contributed by atoms with Crippen molar-refractivity contribution in [2.45, 2.75) is 39.3 Å². The van der Waals surface area contributed by atoms with Crippen LogP contribution in [0.4, 0.5) is 5.82 Å². The van der Waals surface area contributed by atoms with Crippen molar-refractivity contribution in [3.8, 4) is 5.75 Å². The van der Waals surface area contributed by atoms with Crippen LogP contribution >= 0.6 is 24.8 Å². The maximum absolute atomic E-state index is 13.2.